The number of carbonyl (C=O) groups excluding carboxylic acids is 1. The first-order chi connectivity index (χ1) is 6.86. The molecule has 0 radical (unpaired) electrons. The lowest BCUT2D eigenvalue weighted by atomic mass is 9.99. The second-order valence-electron chi connectivity index (χ2n) is 3.61. The molecule has 1 aromatic heterocycles. The molecule has 0 bridgehead atoms. The molecule has 0 spiro atoms. The molecule has 1 aliphatic rings. The molecule has 0 aromatic carbocycles. The highest BCUT2D eigenvalue weighted by Crippen LogP contribution is 2.18. The first-order valence-corrected chi connectivity index (χ1v) is 5.90. The van der Waals surface area contributed by atoms with E-state index in [4.69, 9.17) is 0 Å². The average molecular weight is 210 g/mol. The van der Waals surface area contributed by atoms with Crippen molar-refractivity contribution >= 4 is 17.2 Å². The van der Waals surface area contributed by atoms with Crippen molar-refractivity contribution in [3.63, 3.8) is 0 Å². The number of amides is 1. The van der Waals surface area contributed by atoms with E-state index in [-0.39, 0.29) is 11.8 Å². The Hall–Kier alpha value is -0.900. The number of nitrogens with zero attached hydrogens (tertiary/aromatic N) is 1. The molecule has 1 aliphatic heterocycles. The highest BCUT2D eigenvalue weighted by molar-refractivity contribution is 7.09. The Labute approximate surface area is 87.6 Å². The minimum atomic E-state index is 0.142. The summed E-state index contributed by atoms with van der Waals surface area (Å²) < 4.78 is 0. The smallest absolute Gasteiger partial charge is 0.223 e. The molecule has 1 atom stereocenters. The molecule has 1 unspecified atom stereocenters. The van der Waals surface area contributed by atoms with E-state index < -0.39 is 0 Å². The fourth-order valence-electron chi connectivity index (χ4n) is 1.76. The van der Waals surface area contributed by atoms with Gasteiger partial charge in [0.25, 0.3) is 0 Å². The first-order valence-electron chi connectivity index (χ1n) is 5.02. The molecule has 76 valence electrons. The number of hydrogen-bond acceptors (Lipinski definition) is 3. The van der Waals surface area contributed by atoms with Gasteiger partial charge in [-0.25, -0.2) is 4.98 Å². The van der Waals surface area contributed by atoms with Crippen LogP contribution in [0, 0.1) is 5.92 Å². The standard InChI is InChI=1S/C10H14N2OS/c13-10-8(3-1-2-4-12-10)7-9-11-5-6-14-9/h5-6,8H,1-4,7H2,(H,12,13). The molecule has 3 nitrogen and oxygen atoms in total. The second kappa shape index (κ2) is 4.55. The zero-order valence-electron chi connectivity index (χ0n) is 8.03. The third-order valence-electron chi connectivity index (χ3n) is 2.55. The second-order valence-corrected chi connectivity index (χ2v) is 4.59. The molecule has 2 rings (SSSR count). The third kappa shape index (κ3) is 2.32. The Morgan fingerprint density at radius 1 is 1.57 bits per heavy atom. The van der Waals surface area contributed by atoms with Crippen molar-refractivity contribution in [3.8, 4) is 0 Å². The van der Waals surface area contributed by atoms with E-state index in [0.29, 0.717) is 0 Å². The minimum absolute atomic E-state index is 0.142. The third-order valence-corrected chi connectivity index (χ3v) is 3.36. The maximum atomic E-state index is 11.6. The monoisotopic (exact) mass is 210 g/mol. The highest BCUT2D eigenvalue weighted by atomic mass is 32.1. The lowest BCUT2D eigenvalue weighted by molar-refractivity contribution is -0.124. The summed E-state index contributed by atoms with van der Waals surface area (Å²) in [5.41, 5.74) is 0. The lowest BCUT2D eigenvalue weighted by Gasteiger charge is -2.10. The van der Waals surface area contributed by atoms with Gasteiger partial charge in [0.2, 0.25) is 5.91 Å². The van der Waals surface area contributed by atoms with Gasteiger partial charge in [0.1, 0.15) is 0 Å². The molecular weight excluding hydrogens is 196 g/mol. The number of aromatic nitrogens is 1. The summed E-state index contributed by atoms with van der Waals surface area (Å²) >= 11 is 1.63. The van der Waals surface area contributed by atoms with Crippen molar-refractivity contribution in [2.75, 3.05) is 6.54 Å². The van der Waals surface area contributed by atoms with E-state index in [1.165, 1.54) is 0 Å². The molecule has 4 heteroatoms. The summed E-state index contributed by atoms with van der Waals surface area (Å²) in [6, 6.07) is 0. The van der Waals surface area contributed by atoms with Crippen LogP contribution < -0.4 is 5.32 Å². The van der Waals surface area contributed by atoms with Crippen LogP contribution in [-0.2, 0) is 11.2 Å². The zero-order valence-corrected chi connectivity index (χ0v) is 8.85. The van der Waals surface area contributed by atoms with Gasteiger partial charge in [0.15, 0.2) is 0 Å². The van der Waals surface area contributed by atoms with Crippen molar-refractivity contribution in [1.29, 1.82) is 0 Å². The van der Waals surface area contributed by atoms with Gasteiger partial charge in [0, 0.05) is 30.5 Å². The van der Waals surface area contributed by atoms with Crippen LogP contribution in [0.2, 0.25) is 0 Å². The van der Waals surface area contributed by atoms with E-state index in [9.17, 15) is 4.79 Å². The predicted octanol–water partition coefficient (Wildman–Crippen LogP) is 1.60. The zero-order chi connectivity index (χ0) is 9.80. The van der Waals surface area contributed by atoms with Crippen LogP contribution in [0.1, 0.15) is 24.3 Å². The molecule has 1 N–H and O–H groups in total. The van der Waals surface area contributed by atoms with Crippen molar-refractivity contribution in [3.05, 3.63) is 16.6 Å². The topological polar surface area (TPSA) is 42.0 Å². The normalized spacial score (nSPS) is 22.9. The molecule has 1 fully saturated rings. The van der Waals surface area contributed by atoms with Gasteiger partial charge in [-0.15, -0.1) is 11.3 Å². The molecule has 1 saturated heterocycles. The maximum absolute atomic E-state index is 11.6. The molecule has 1 amide bonds. The highest BCUT2D eigenvalue weighted by Gasteiger charge is 2.21. The number of rotatable bonds is 2. The molecule has 14 heavy (non-hydrogen) atoms. The van der Waals surface area contributed by atoms with Gasteiger partial charge in [-0.2, -0.15) is 0 Å². The SMILES string of the molecule is O=C1NCCCCC1Cc1nccs1. The quantitative estimate of drug-likeness (QED) is 0.805. The lowest BCUT2D eigenvalue weighted by Crippen LogP contribution is -2.29. The molecular formula is C10H14N2OS. The molecule has 0 aliphatic carbocycles. The minimum Gasteiger partial charge on any atom is -0.356 e. The van der Waals surface area contributed by atoms with Gasteiger partial charge in [-0.3, -0.25) is 4.79 Å². The van der Waals surface area contributed by atoms with E-state index in [2.05, 4.69) is 10.3 Å². The largest absolute Gasteiger partial charge is 0.356 e. The van der Waals surface area contributed by atoms with Crippen LogP contribution in [0.15, 0.2) is 11.6 Å². The van der Waals surface area contributed by atoms with Gasteiger partial charge in [-0.05, 0) is 12.8 Å². The number of nitrogens with one attached hydrogen (secondary N) is 1. The number of carbonyl (C=O) groups is 1. The van der Waals surface area contributed by atoms with E-state index in [0.717, 1.165) is 37.2 Å². The summed E-state index contributed by atoms with van der Waals surface area (Å²) in [7, 11) is 0. The molecule has 2 heterocycles. The summed E-state index contributed by atoms with van der Waals surface area (Å²) in [5.74, 6) is 0.348. The van der Waals surface area contributed by atoms with Crippen LogP contribution in [0.5, 0.6) is 0 Å². The Morgan fingerprint density at radius 2 is 2.50 bits per heavy atom. The molecule has 0 saturated carbocycles. The van der Waals surface area contributed by atoms with Crippen molar-refractivity contribution < 1.29 is 4.79 Å². The maximum Gasteiger partial charge on any atom is 0.223 e. The number of hydrogen-bond donors (Lipinski definition) is 1. The van der Waals surface area contributed by atoms with Crippen LogP contribution in [0.4, 0.5) is 0 Å². The van der Waals surface area contributed by atoms with Crippen LogP contribution in [0.25, 0.3) is 0 Å². The summed E-state index contributed by atoms with van der Waals surface area (Å²) in [6.45, 7) is 0.840. The fourth-order valence-corrected chi connectivity index (χ4v) is 2.46. The summed E-state index contributed by atoms with van der Waals surface area (Å²) in [5, 5.41) is 5.98. The van der Waals surface area contributed by atoms with Crippen LogP contribution in [0.3, 0.4) is 0 Å². The van der Waals surface area contributed by atoms with Gasteiger partial charge in [0.05, 0.1) is 5.01 Å². The van der Waals surface area contributed by atoms with Crippen molar-refractivity contribution in [1.82, 2.24) is 10.3 Å². The van der Waals surface area contributed by atoms with Gasteiger partial charge in [-0.1, -0.05) is 6.42 Å². The Kier molecular flexibility index (Phi) is 3.14. The van der Waals surface area contributed by atoms with Gasteiger partial charge < -0.3 is 5.32 Å². The van der Waals surface area contributed by atoms with E-state index in [1.54, 1.807) is 17.5 Å². The van der Waals surface area contributed by atoms with Crippen molar-refractivity contribution in [2.24, 2.45) is 5.92 Å². The fraction of sp³-hybridized carbons (Fsp3) is 0.600. The number of thiazole rings is 1. The Bertz CT molecular complexity index is 297. The van der Waals surface area contributed by atoms with Gasteiger partial charge >= 0.3 is 0 Å². The van der Waals surface area contributed by atoms with E-state index in [1.807, 2.05) is 5.38 Å². The average Bonchev–Trinajstić information content (AvgIpc) is 2.60. The first kappa shape index (κ1) is 9.65. The Morgan fingerprint density at radius 3 is 3.29 bits per heavy atom. The van der Waals surface area contributed by atoms with Crippen LogP contribution in [-0.4, -0.2) is 17.4 Å². The molecule has 1 aromatic rings. The Balaban J connectivity index is 1.98. The van der Waals surface area contributed by atoms with Crippen molar-refractivity contribution in [2.45, 2.75) is 25.7 Å². The van der Waals surface area contributed by atoms with E-state index >= 15 is 0 Å². The summed E-state index contributed by atoms with van der Waals surface area (Å²) in [4.78, 5) is 15.8. The summed E-state index contributed by atoms with van der Waals surface area (Å²) in [6.07, 6.45) is 5.87. The van der Waals surface area contributed by atoms with Crippen LogP contribution >= 0.6 is 11.3 Å². The predicted molar refractivity (Wildman–Crippen MR) is 56.2 cm³/mol.